The van der Waals surface area contributed by atoms with Crippen LogP contribution in [0, 0.1) is 11.6 Å². The number of halogens is 18. The molecule has 0 heterocycles. The topological polar surface area (TPSA) is 375 Å². The monoisotopic (exact) mass is 2170 g/mol. The summed E-state index contributed by atoms with van der Waals surface area (Å²) in [7, 11) is -27.6. The van der Waals surface area contributed by atoms with Crippen molar-refractivity contribution in [1.82, 2.24) is 0 Å². The third-order valence-corrected chi connectivity index (χ3v) is 28.6. The van der Waals surface area contributed by atoms with Gasteiger partial charge in [-0.3, -0.25) is 23.5 Å². The van der Waals surface area contributed by atoms with Crippen LogP contribution in [0.3, 0.4) is 0 Å². The van der Waals surface area contributed by atoms with E-state index in [9.17, 15) is 118 Å². The van der Waals surface area contributed by atoms with Crippen LogP contribution in [0.15, 0.2) is 300 Å². The van der Waals surface area contributed by atoms with Gasteiger partial charge in [-0.1, -0.05) is 286 Å². The third kappa shape index (κ3) is 24.1. The standard InChI is InChI=1S/C30H24Br2F4O7P2.C30H20Cl2F4O7P2.C30H20F6O6P2.H2O/c31-25-15-19(11-13-23(25)29(33,34)44(38,39)40)17-28(22-9-5-2-6-10-22,27(37)21-7-3-1-4-8-21)18-20-12-14-24(26(32)16-20)30(35,36)45(41,42)43;31-25-15-19(11-13-23(25)29(33,34)44(40)42-38)17-28(22-9-5-2-6-10-22,27(37)21-7-3-1-4-8-21)18-20-12-14-24(26(32)16-20)30(35,36)45(41)43-39;31-25-15-19(11-13-23(25)29(33,34)43(39)40)17-28(22-9-5-2-6-10-22,27(37)21-7-3-1-4-8-21)18-20-12-14-24(26(32)16-20)30(35,36)44(41)42-38;/h1-16H,17-18H2,(H2,38,39,40)(H2,41,42,43);1-16H,17-18H2;1-16H,17-18H2;1H2/p+4. The molecule has 0 aliphatic heterocycles. The van der Waals surface area contributed by atoms with Gasteiger partial charge in [-0.05, 0) is 168 Å². The lowest BCUT2D eigenvalue weighted by molar-refractivity contribution is -0.142. The smallest absolute Gasteiger partial charge is 0.412 e. The van der Waals surface area contributed by atoms with Crippen molar-refractivity contribution in [2.45, 2.75) is 88.8 Å². The van der Waals surface area contributed by atoms with Crippen LogP contribution in [0.2, 0.25) is 10.0 Å². The molecule has 0 radical (unpaired) electrons. The Labute approximate surface area is 788 Å². The van der Waals surface area contributed by atoms with Crippen LogP contribution < -0.4 is 0 Å². The van der Waals surface area contributed by atoms with Gasteiger partial charge in [0.05, 0.1) is 37.4 Å². The molecule has 12 rings (SSSR count). The second-order valence-electron chi connectivity index (χ2n) is 30.0. The van der Waals surface area contributed by atoms with E-state index in [1.807, 2.05) is 0 Å². The number of hydrogen-bond acceptors (Lipinski definition) is 15. The SMILES string of the molecule is O.O=C(c1ccccc1)C(Cc1ccc(C(F)(F)P(=O)(O)O)c(Br)c1)(Cc1ccc(C(F)(F)P(=O)(O)O)c(Br)c1)c1ccccc1.O=C(c1ccccc1)C(Cc1ccc(C(F)(F)[P+](=O)O)c(F)c1)(Cc1ccc(C(F)(F)[P+](=O)OO)c(F)c1)c1ccccc1.O=C(c1ccccc1)C(Cc1ccc(C(F)(F)[P+](=O)OO)c(Cl)c1)(Cc1ccc(C(F)(F)[P+](=O)OO)c(Cl)c1)c1ccccc1. The summed E-state index contributed by atoms with van der Waals surface area (Å²) in [5.41, 5.74) is -33.7. The molecule has 0 saturated heterocycles. The Balaban J connectivity index is 0.000000226. The fourth-order valence-corrected chi connectivity index (χ4v) is 20.3. The number of rotatable bonds is 36. The van der Waals surface area contributed by atoms with E-state index < -0.39 is 170 Å². The second-order valence-corrected chi connectivity index (χ2v) is 40.6. The fourth-order valence-electron chi connectivity index (χ4n) is 15.0. The summed E-state index contributed by atoms with van der Waals surface area (Å²) in [6.07, 6.45) is -1.27. The first-order valence-corrected chi connectivity index (χ1v) is 48.7. The van der Waals surface area contributed by atoms with Crippen LogP contribution in [-0.4, -0.2) is 63.1 Å². The summed E-state index contributed by atoms with van der Waals surface area (Å²) in [5.74, 6) is -4.38. The van der Waals surface area contributed by atoms with Crippen LogP contribution in [0.5, 0.6) is 0 Å². The maximum Gasteiger partial charge on any atom is 0.622 e. The van der Waals surface area contributed by atoms with E-state index in [0.29, 0.717) is 68.8 Å². The molecule has 0 aromatic heterocycles. The van der Waals surface area contributed by atoms with Crippen LogP contribution >= 0.6 is 102 Å². The Kier molecular flexibility index (Phi) is 36.1. The molecule has 10 N–H and O–H groups in total. The minimum absolute atomic E-state index is 0. The molecule has 0 fully saturated rings. The molecule has 12 aromatic rings. The summed E-state index contributed by atoms with van der Waals surface area (Å²) < 4.78 is 282. The molecule has 21 nitrogen and oxygen atoms in total. The van der Waals surface area contributed by atoms with Crippen LogP contribution in [-0.2, 0) is 130 Å². The Bertz CT molecular complexity index is 6320. The summed E-state index contributed by atoms with van der Waals surface area (Å²) >= 11 is 18.4. The first kappa shape index (κ1) is 109. The molecule has 5 atom stereocenters. The van der Waals surface area contributed by atoms with Gasteiger partial charge < -0.3 is 25.0 Å². The van der Waals surface area contributed by atoms with Gasteiger partial charge in [0.2, 0.25) is 0 Å². The molecule has 0 bridgehead atoms. The van der Waals surface area contributed by atoms with Crippen molar-refractivity contribution in [3.05, 3.63) is 422 Å². The number of carbonyl (C=O) groups excluding carboxylic acids is 3. The Morgan fingerprint density at radius 1 is 0.319 bits per heavy atom. The van der Waals surface area contributed by atoms with E-state index >= 15 is 4.39 Å². The van der Waals surface area contributed by atoms with Gasteiger partial charge in [-0.25, -0.2) is 24.6 Å². The Morgan fingerprint density at radius 3 is 0.741 bits per heavy atom. The van der Waals surface area contributed by atoms with E-state index in [2.05, 4.69) is 45.9 Å². The zero-order chi connectivity index (χ0) is 98.7. The lowest BCUT2D eigenvalue weighted by Gasteiger charge is -2.34. The predicted octanol–water partition coefficient (Wildman–Crippen LogP) is 26.2. The molecule has 135 heavy (non-hydrogen) atoms. The van der Waals surface area contributed by atoms with E-state index in [1.165, 1.54) is 60.7 Å². The van der Waals surface area contributed by atoms with Gasteiger partial charge >= 0.3 is 81.3 Å². The van der Waals surface area contributed by atoms with Crippen molar-refractivity contribution in [1.29, 1.82) is 0 Å². The second kappa shape index (κ2) is 44.6. The summed E-state index contributed by atoms with van der Waals surface area (Å²) in [5, 5.41) is 24.5. The molecule has 45 heteroatoms. The normalized spacial score (nSPS) is 13.6. The van der Waals surface area contributed by atoms with E-state index in [1.54, 1.807) is 170 Å². The molecular weight excluding hydrogens is 2100 g/mol. The van der Waals surface area contributed by atoms with Crippen LogP contribution in [0.25, 0.3) is 0 Å². The largest absolute Gasteiger partial charge is 0.622 e. The first-order chi connectivity index (χ1) is 62.8. The minimum Gasteiger partial charge on any atom is -0.412 e. The van der Waals surface area contributed by atoms with Crippen molar-refractivity contribution >= 4 is 120 Å². The van der Waals surface area contributed by atoms with Gasteiger partial charge in [-0.2, -0.15) is 22.5 Å². The molecule has 0 aliphatic carbocycles. The van der Waals surface area contributed by atoms with Crippen molar-refractivity contribution in [2.75, 3.05) is 0 Å². The average molecular weight is 2170 g/mol. The number of benzene rings is 12. The highest BCUT2D eigenvalue weighted by atomic mass is 79.9. The Morgan fingerprint density at radius 2 is 0.526 bits per heavy atom. The fraction of sp³-hybridized carbons (Fsp3) is 0.167. The number of alkyl halides is 12. The lowest BCUT2D eigenvalue weighted by atomic mass is 9.67. The summed E-state index contributed by atoms with van der Waals surface area (Å²) in [4.78, 5) is 89.2. The van der Waals surface area contributed by atoms with Crippen molar-refractivity contribution in [3.63, 3.8) is 0 Å². The summed E-state index contributed by atoms with van der Waals surface area (Å²) in [6, 6.07) is 67.1. The zero-order valence-electron chi connectivity index (χ0n) is 68.4. The third-order valence-electron chi connectivity index (χ3n) is 21.5. The van der Waals surface area contributed by atoms with Crippen molar-refractivity contribution in [3.8, 4) is 0 Å². The van der Waals surface area contributed by atoms with Gasteiger partial charge in [0.25, 0.3) is 0 Å². The number of Topliss-reactive ketones (excluding diaryl/α,β-unsaturated/α-hetero) is 3. The quantitative estimate of drug-likeness (QED) is 0.00594. The Hall–Kier alpha value is -9.41. The molecule has 708 valence electrons. The molecule has 12 aromatic carbocycles. The average Bonchev–Trinajstić information content (AvgIpc) is 0.759. The zero-order valence-corrected chi connectivity index (χ0v) is 78.5. The van der Waals surface area contributed by atoms with Gasteiger partial charge in [0.15, 0.2) is 17.3 Å². The van der Waals surface area contributed by atoms with Gasteiger partial charge in [0.1, 0.15) is 22.8 Å². The minimum atomic E-state index is -5.88. The highest BCUT2D eigenvalue weighted by Crippen LogP contribution is 2.63. The number of ketones is 3. The number of carbonyl (C=O) groups is 3. The number of hydrogen-bond donors (Lipinski definition) is 8. The lowest BCUT2D eigenvalue weighted by Crippen LogP contribution is -2.41. The van der Waals surface area contributed by atoms with Crippen molar-refractivity contribution in [2.24, 2.45) is 0 Å². The van der Waals surface area contributed by atoms with Gasteiger partial charge in [-0.15, -0.1) is 35.1 Å². The van der Waals surface area contributed by atoms with Crippen LogP contribution in [0.1, 0.15) is 115 Å². The predicted molar refractivity (Wildman–Crippen MR) is 478 cm³/mol. The van der Waals surface area contributed by atoms with Gasteiger partial charge in [0, 0.05) is 50.8 Å². The maximum absolute atomic E-state index is 15.0. The van der Waals surface area contributed by atoms with E-state index in [-0.39, 0.29) is 75.2 Å². The molecule has 0 aliphatic rings. The summed E-state index contributed by atoms with van der Waals surface area (Å²) in [6.45, 7) is 0. The van der Waals surface area contributed by atoms with Crippen LogP contribution in [0.4, 0.5) is 61.5 Å². The van der Waals surface area contributed by atoms with Crippen molar-refractivity contribution < 1.29 is 163 Å². The maximum atomic E-state index is 15.0. The van der Waals surface area contributed by atoms with E-state index in [4.69, 9.17) is 43.9 Å². The molecule has 0 saturated carbocycles. The molecule has 0 spiro atoms. The molecule has 0 amide bonds. The molecule has 5 unspecified atom stereocenters. The first-order valence-electron chi connectivity index (χ1n) is 38.4. The van der Waals surface area contributed by atoms with E-state index in [0.717, 1.165) is 36.4 Å². The highest BCUT2D eigenvalue weighted by molar-refractivity contribution is 9.10. The molecular formula is C90H70Br2Cl2F14O21P6+4. The highest BCUT2D eigenvalue weighted by Gasteiger charge is 2.62.